The van der Waals surface area contributed by atoms with Crippen molar-refractivity contribution in [3.63, 3.8) is 0 Å². The summed E-state index contributed by atoms with van der Waals surface area (Å²) in [5, 5.41) is 0. The van der Waals surface area contributed by atoms with Crippen LogP contribution >= 0.6 is 0 Å². The van der Waals surface area contributed by atoms with Crippen LogP contribution in [0.3, 0.4) is 0 Å². The smallest absolute Gasteiger partial charge is 0 e. The summed E-state index contributed by atoms with van der Waals surface area (Å²) in [5.41, 5.74) is 0. The van der Waals surface area contributed by atoms with E-state index in [1.165, 1.54) is 0 Å². The topological polar surface area (TPSA) is 31.5 Å². The molecular formula is H2CoGdNiO. The van der Waals surface area contributed by atoms with Crippen LogP contribution in [0.15, 0.2) is 0 Å². The minimum absolute atomic E-state index is 0. The Kier molecular flexibility index (Phi) is 156. The Hall–Kier alpha value is 2.28. The van der Waals surface area contributed by atoms with Crippen molar-refractivity contribution in [1.29, 1.82) is 0 Å². The third-order valence-corrected chi connectivity index (χ3v) is 0. The van der Waals surface area contributed by atoms with Gasteiger partial charge in [-0.25, -0.2) is 0 Å². The maximum absolute atomic E-state index is 0. The Morgan fingerprint density at radius 3 is 1.00 bits per heavy atom. The van der Waals surface area contributed by atoms with Gasteiger partial charge in [0.15, 0.2) is 0 Å². The van der Waals surface area contributed by atoms with Crippen LogP contribution in [0, 0.1) is 39.9 Å². The minimum Gasteiger partial charge on any atom is -0.412 e. The first-order valence-electron chi connectivity index (χ1n) is 0. The molecular weight excluding hydrogens is 291 g/mol. The van der Waals surface area contributed by atoms with Crippen LogP contribution in [-0.2, 0) is 33.3 Å². The Morgan fingerprint density at radius 1 is 1.00 bits per heavy atom. The van der Waals surface area contributed by atoms with Crippen molar-refractivity contribution < 1.29 is 78.7 Å². The second-order valence-corrected chi connectivity index (χ2v) is 0. The van der Waals surface area contributed by atoms with Crippen LogP contribution in [0.4, 0.5) is 0 Å². The largest absolute Gasteiger partial charge is 0.412 e. The normalized spacial score (nSPS) is 0. The molecule has 35 valence electrons. The molecule has 2 N–H and O–H groups in total. The molecule has 4 heteroatoms. The van der Waals surface area contributed by atoms with Crippen LogP contribution < -0.4 is 0 Å². The predicted octanol–water partition coefficient (Wildman–Crippen LogP) is -0.830. The van der Waals surface area contributed by atoms with E-state index in [0.717, 1.165) is 0 Å². The van der Waals surface area contributed by atoms with E-state index in [1.54, 1.807) is 0 Å². The summed E-state index contributed by atoms with van der Waals surface area (Å²) in [6.45, 7) is 0. The first-order valence-corrected chi connectivity index (χ1v) is 0. The SMILES string of the molecule is O.[Co].[Gd].[Ni]. The van der Waals surface area contributed by atoms with Gasteiger partial charge in [0, 0.05) is 73.2 Å². The molecule has 0 heterocycles. The number of hydrogen-bond acceptors (Lipinski definition) is 0. The van der Waals surface area contributed by atoms with Gasteiger partial charge in [0.2, 0.25) is 0 Å². The molecule has 0 aliphatic rings. The van der Waals surface area contributed by atoms with E-state index in [9.17, 15) is 0 Å². The van der Waals surface area contributed by atoms with Gasteiger partial charge in [0.1, 0.15) is 0 Å². The molecule has 0 aliphatic heterocycles. The monoisotopic (exact) mass is 293 g/mol. The Morgan fingerprint density at radius 2 is 1.00 bits per heavy atom. The third-order valence-electron chi connectivity index (χ3n) is 0. The van der Waals surface area contributed by atoms with Crippen molar-refractivity contribution in [1.82, 2.24) is 0 Å². The quantitative estimate of drug-likeness (QED) is 0.522. The van der Waals surface area contributed by atoms with E-state index in [2.05, 4.69) is 0 Å². The van der Waals surface area contributed by atoms with Gasteiger partial charge in [-0.2, -0.15) is 0 Å². The van der Waals surface area contributed by atoms with E-state index in [-0.39, 0.29) is 78.7 Å². The average molecular weight is 293 g/mol. The fraction of sp³-hybridized carbons (Fsp3) is 0. The molecule has 0 aromatic rings. The molecule has 0 saturated carbocycles. The van der Waals surface area contributed by atoms with E-state index in [1.807, 2.05) is 0 Å². The first kappa shape index (κ1) is 33.6. The molecule has 0 aromatic carbocycles. The summed E-state index contributed by atoms with van der Waals surface area (Å²) in [6.07, 6.45) is 0. The molecule has 0 aromatic heterocycles. The zero-order chi connectivity index (χ0) is 0. The molecule has 0 saturated heterocycles. The van der Waals surface area contributed by atoms with E-state index in [0.29, 0.717) is 0 Å². The maximum Gasteiger partial charge on any atom is 0 e. The van der Waals surface area contributed by atoms with Gasteiger partial charge in [0.05, 0.1) is 0 Å². The van der Waals surface area contributed by atoms with Gasteiger partial charge in [-0.15, -0.1) is 0 Å². The zero-order valence-electron chi connectivity index (χ0n) is 1.50. The van der Waals surface area contributed by atoms with Crippen LogP contribution in [0.5, 0.6) is 0 Å². The van der Waals surface area contributed by atoms with Crippen LogP contribution in [0.2, 0.25) is 0 Å². The summed E-state index contributed by atoms with van der Waals surface area (Å²) in [4.78, 5) is 0. The van der Waals surface area contributed by atoms with Gasteiger partial charge in [-0.05, 0) is 0 Å². The van der Waals surface area contributed by atoms with Crippen molar-refractivity contribution in [3.8, 4) is 0 Å². The fourth-order valence-electron chi connectivity index (χ4n) is 0. The van der Waals surface area contributed by atoms with Crippen LogP contribution in [0.25, 0.3) is 0 Å². The minimum atomic E-state index is 0. The van der Waals surface area contributed by atoms with Gasteiger partial charge in [0.25, 0.3) is 0 Å². The second kappa shape index (κ2) is 18.6. The summed E-state index contributed by atoms with van der Waals surface area (Å²) in [6, 6.07) is 0. The van der Waals surface area contributed by atoms with Crippen molar-refractivity contribution in [2.45, 2.75) is 0 Å². The summed E-state index contributed by atoms with van der Waals surface area (Å²) in [7, 11) is 0. The Bertz CT molecular complexity index is 8.00. The Labute approximate surface area is 77.4 Å². The molecule has 0 aliphatic carbocycles. The van der Waals surface area contributed by atoms with E-state index in [4.69, 9.17) is 0 Å². The zero-order valence-corrected chi connectivity index (χ0v) is 5.80. The number of hydrogen-bond donors (Lipinski definition) is 0. The molecule has 1 nitrogen and oxygen atoms in total. The second-order valence-electron chi connectivity index (χ2n) is 0. The fourth-order valence-corrected chi connectivity index (χ4v) is 0. The van der Waals surface area contributed by atoms with Gasteiger partial charge in [-0.3, -0.25) is 0 Å². The standard InChI is InChI=1S/Co.Gd.Ni.H2O/h;;;1H2. The molecule has 4 heavy (non-hydrogen) atoms. The predicted molar refractivity (Wildman–Crippen MR) is 3.61 cm³/mol. The average Bonchev–Trinajstić information content (AvgIpc) is 0. The van der Waals surface area contributed by atoms with Gasteiger partial charge in [-0.1, -0.05) is 0 Å². The summed E-state index contributed by atoms with van der Waals surface area (Å²) in [5.74, 6) is 0. The van der Waals surface area contributed by atoms with Crippen molar-refractivity contribution >= 4 is 0 Å². The summed E-state index contributed by atoms with van der Waals surface area (Å²) >= 11 is 0. The summed E-state index contributed by atoms with van der Waals surface area (Å²) < 4.78 is 0. The first-order chi connectivity index (χ1) is 0. The molecule has 0 atom stereocenters. The van der Waals surface area contributed by atoms with Gasteiger partial charge >= 0.3 is 0 Å². The maximum atomic E-state index is 0. The van der Waals surface area contributed by atoms with E-state index >= 15 is 0 Å². The van der Waals surface area contributed by atoms with Crippen LogP contribution in [-0.4, -0.2) is 5.48 Å². The van der Waals surface area contributed by atoms with E-state index < -0.39 is 0 Å². The molecule has 0 fully saturated rings. The Balaban J connectivity index is 0. The molecule has 0 spiro atoms. The molecule has 0 bridgehead atoms. The van der Waals surface area contributed by atoms with Gasteiger partial charge < -0.3 is 5.48 Å². The third kappa shape index (κ3) is 8.86. The van der Waals surface area contributed by atoms with Crippen molar-refractivity contribution in [3.05, 3.63) is 0 Å². The van der Waals surface area contributed by atoms with Crippen molar-refractivity contribution in [2.24, 2.45) is 0 Å². The molecule has 0 rings (SSSR count). The van der Waals surface area contributed by atoms with Crippen LogP contribution in [0.1, 0.15) is 0 Å². The molecule has 1 radical (unpaired) electrons. The molecule has 0 unspecified atom stereocenters. The molecule has 0 amide bonds. The number of rotatable bonds is 0. The van der Waals surface area contributed by atoms with Crippen molar-refractivity contribution in [2.75, 3.05) is 0 Å².